The maximum absolute atomic E-state index is 11.2. The van der Waals surface area contributed by atoms with Crippen molar-refractivity contribution >= 4 is 17.0 Å². The molecule has 10 heteroatoms. The van der Waals surface area contributed by atoms with Gasteiger partial charge in [-0.3, -0.25) is 0 Å². The molecule has 0 amide bonds. The predicted molar refractivity (Wildman–Crippen MR) is 98.4 cm³/mol. The molecule has 150 valence electrons. The van der Waals surface area contributed by atoms with Gasteiger partial charge in [-0.1, -0.05) is 18.2 Å². The molecule has 4 rings (SSSR count). The molecule has 0 fully saturated rings. The highest BCUT2D eigenvalue weighted by atomic mass is 16.6. The van der Waals surface area contributed by atoms with E-state index in [4.69, 9.17) is 4.74 Å². The summed E-state index contributed by atoms with van der Waals surface area (Å²) in [6.45, 7) is -0.211. The van der Waals surface area contributed by atoms with E-state index in [1.165, 1.54) is 10.9 Å². The second-order valence-corrected chi connectivity index (χ2v) is 6.44. The summed E-state index contributed by atoms with van der Waals surface area (Å²) in [6, 6.07) is 12.0. The van der Waals surface area contributed by atoms with Crippen molar-refractivity contribution in [3.05, 3.63) is 59.5 Å². The maximum atomic E-state index is 11.2. The molecule has 10 nitrogen and oxygen atoms in total. The van der Waals surface area contributed by atoms with Crippen molar-refractivity contribution in [1.82, 2.24) is 15.0 Å². The molecule has 0 aliphatic carbocycles. The van der Waals surface area contributed by atoms with Crippen LogP contribution in [-0.2, 0) is 20.9 Å². The van der Waals surface area contributed by atoms with Gasteiger partial charge in [-0.15, -0.1) is 15.0 Å². The van der Waals surface area contributed by atoms with Crippen molar-refractivity contribution in [2.75, 3.05) is 6.61 Å². The quantitative estimate of drug-likeness (QED) is 0.450. The Bertz CT molecular complexity index is 1080. The molecule has 0 spiro atoms. The molecule has 1 aliphatic heterocycles. The van der Waals surface area contributed by atoms with Crippen LogP contribution in [0.4, 0.5) is 0 Å². The van der Waals surface area contributed by atoms with E-state index in [-0.39, 0.29) is 19.0 Å². The Morgan fingerprint density at radius 2 is 1.79 bits per heavy atom. The summed E-state index contributed by atoms with van der Waals surface area (Å²) < 4.78 is 10.1. The molecule has 2 heterocycles. The smallest absolute Gasteiger partial charge is 0.377 e. The summed E-state index contributed by atoms with van der Waals surface area (Å²) in [4.78, 5) is 12.5. The Hall–Kier alpha value is -3.63. The number of fused-ring (bicyclic) bond motifs is 1. The largest absolute Gasteiger partial charge is 0.506 e. The monoisotopic (exact) mass is 399 g/mol. The molecule has 0 saturated heterocycles. The topological polar surface area (TPSA) is 147 Å². The average molecular weight is 399 g/mol. The lowest BCUT2D eigenvalue weighted by Gasteiger charge is -2.17. The van der Waals surface area contributed by atoms with E-state index in [9.17, 15) is 25.2 Å². The Morgan fingerprint density at radius 3 is 2.41 bits per heavy atom. The molecule has 4 N–H and O–H groups in total. The Labute approximate surface area is 163 Å². The molecule has 29 heavy (non-hydrogen) atoms. The SMILES string of the molecule is O=C1OC([C@H](O)COCc2ccc(O)c(-n3nc4ccccc4n3)c2)C(O)=C1O. The zero-order valence-corrected chi connectivity index (χ0v) is 15.0. The minimum absolute atomic E-state index is 0.0162. The van der Waals surface area contributed by atoms with E-state index in [0.717, 1.165) is 0 Å². The summed E-state index contributed by atoms with van der Waals surface area (Å²) >= 11 is 0. The number of carbonyl (C=O) groups is 1. The Morgan fingerprint density at radius 1 is 1.10 bits per heavy atom. The second kappa shape index (κ2) is 7.41. The van der Waals surface area contributed by atoms with Crippen molar-refractivity contribution in [2.45, 2.75) is 18.8 Å². The first kappa shape index (κ1) is 18.7. The number of nitrogens with zero attached hydrogens (tertiary/aromatic N) is 3. The van der Waals surface area contributed by atoms with Crippen LogP contribution in [-0.4, -0.2) is 60.2 Å². The van der Waals surface area contributed by atoms with E-state index in [1.807, 2.05) is 24.3 Å². The van der Waals surface area contributed by atoms with E-state index in [1.54, 1.807) is 12.1 Å². The van der Waals surface area contributed by atoms with Gasteiger partial charge >= 0.3 is 5.97 Å². The number of carbonyl (C=O) groups excluding carboxylic acids is 1. The minimum atomic E-state index is -1.38. The van der Waals surface area contributed by atoms with Crippen LogP contribution in [0.1, 0.15) is 5.56 Å². The van der Waals surface area contributed by atoms with Crippen LogP contribution in [0.15, 0.2) is 54.0 Å². The first-order chi connectivity index (χ1) is 13.9. The molecule has 2 aromatic carbocycles. The van der Waals surface area contributed by atoms with Crippen molar-refractivity contribution in [2.24, 2.45) is 0 Å². The summed E-state index contributed by atoms with van der Waals surface area (Å²) in [7, 11) is 0. The first-order valence-corrected chi connectivity index (χ1v) is 8.67. The van der Waals surface area contributed by atoms with Crippen molar-refractivity contribution in [3.8, 4) is 11.4 Å². The van der Waals surface area contributed by atoms with E-state index < -0.39 is 29.7 Å². The molecule has 0 bridgehead atoms. The van der Waals surface area contributed by atoms with Crippen LogP contribution < -0.4 is 0 Å². The lowest BCUT2D eigenvalue weighted by Crippen LogP contribution is -2.32. The van der Waals surface area contributed by atoms with Gasteiger partial charge in [0.2, 0.25) is 5.76 Å². The molecule has 0 radical (unpaired) electrons. The fraction of sp³-hybridized carbons (Fsp3) is 0.211. The number of aliphatic hydroxyl groups is 3. The molecule has 1 aliphatic rings. The van der Waals surface area contributed by atoms with Gasteiger partial charge in [-0.05, 0) is 29.8 Å². The van der Waals surface area contributed by atoms with Crippen molar-refractivity contribution in [3.63, 3.8) is 0 Å². The van der Waals surface area contributed by atoms with Crippen LogP contribution in [0, 0.1) is 0 Å². The normalized spacial score (nSPS) is 17.7. The van der Waals surface area contributed by atoms with Crippen LogP contribution in [0.3, 0.4) is 0 Å². The van der Waals surface area contributed by atoms with Gasteiger partial charge in [-0.25, -0.2) is 4.79 Å². The minimum Gasteiger partial charge on any atom is -0.506 e. The second-order valence-electron chi connectivity index (χ2n) is 6.44. The van der Waals surface area contributed by atoms with Crippen LogP contribution in [0.2, 0.25) is 0 Å². The number of hydrogen-bond acceptors (Lipinski definition) is 9. The highest BCUT2D eigenvalue weighted by molar-refractivity contribution is 5.89. The summed E-state index contributed by atoms with van der Waals surface area (Å²) in [6.07, 6.45) is -2.74. The zero-order chi connectivity index (χ0) is 20.5. The van der Waals surface area contributed by atoms with Gasteiger partial charge in [0, 0.05) is 0 Å². The van der Waals surface area contributed by atoms with E-state index in [2.05, 4.69) is 14.9 Å². The van der Waals surface area contributed by atoms with Crippen LogP contribution >= 0.6 is 0 Å². The predicted octanol–water partition coefficient (Wildman–Crippen LogP) is 1.26. The number of esters is 1. The fourth-order valence-electron chi connectivity index (χ4n) is 2.90. The molecular weight excluding hydrogens is 382 g/mol. The van der Waals surface area contributed by atoms with Gasteiger partial charge in [0.25, 0.3) is 0 Å². The number of rotatable bonds is 6. The lowest BCUT2D eigenvalue weighted by atomic mass is 10.2. The van der Waals surface area contributed by atoms with Crippen LogP contribution in [0.5, 0.6) is 5.75 Å². The van der Waals surface area contributed by atoms with Crippen LogP contribution in [0.25, 0.3) is 16.7 Å². The Balaban J connectivity index is 1.44. The maximum Gasteiger partial charge on any atom is 0.377 e. The van der Waals surface area contributed by atoms with Gasteiger partial charge < -0.3 is 29.9 Å². The third-order valence-corrected chi connectivity index (χ3v) is 4.39. The number of aromatic hydroxyl groups is 1. The number of ether oxygens (including phenoxy) is 2. The number of aliphatic hydroxyl groups excluding tert-OH is 3. The number of hydrogen-bond donors (Lipinski definition) is 4. The summed E-state index contributed by atoms with van der Waals surface area (Å²) in [5, 5.41) is 47.7. The third-order valence-electron chi connectivity index (χ3n) is 4.39. The molecular formula is C19H17N3O7. The average Bonchev–Trinajstić information content (AvgIpc) is 3.25. The number of benzene rings is 2. The summed E-state index contributed by atoms with van der Waals surface area (Å²) in [5.41, 5.74) is 2.38. The zero-order valence-electron chi connectivity index (χ0n) is 15.0. The summed E-state index contributed by atoms with van der Waals surface area (Å²) in [5.74, 6) is -2.77. The van der Waals surface area contributed by atoms with E-state index >= 15 is 0 Å². The highest BCUT2D eigenvalue weighted by Gasteiger charge is 2.39. The molecule has 1 aromatic heterocycles. The third kappa shape index (κ3) is 3.58. The van der Waals surface area contributed by atoms with Crippen molar-refractivity contribution < 1.29 is 34.7 Å². The fourth-order valence-corrected chi connectivity index (χ4v) is 2.90. The number of cyclic esters (lactones) is 1. The molecule has 3 aromatic rings. The van der Waals surface area contributed by atoms with Gasteiger partial charge in [-0.2, -0.15) is 0 Å². The standard InChI is InChI=1S/C19H17N3O7/c23-14-6-5-10(7-13(14)22-20-11-3-1-2-4-12(11)21-22)8-28-9-15(24)18-16(25)17(26)19(27)29-18/h1-7,15,18,23-26H,8-9H2/t15-,18?/m1/s1. The lowest BCUT2D eigenvalue weighted by molar-refractivity contribution is -0.148. The first-order valence-electron chi connectivity index (χ1n) is 8.67. The Kier molecular flexibility index (Phi) is 4.79. The molecule has 1 unspecified atom stereocenters. The van der Waals surface area contributed by atoms with Gasteiger partial charge in [0.15, 0.2) is 11.9 Å². The molecule has 0 saturated carbocycles. The van der Waals surface area contributed by atoms with Gasteiger partial charge in [0.1, 0.15) is 28.6 Å². The molecule has 2 atom stereocenters. The van der Waals surface area contributed by atoms with Crippen molar-refractivity contribution in [1.29, 1.82) is 0 Å². The number of aromatic nitrogens is 3. The highest BCUT2D eigenvalue weighted by Crippen LogP contribution is 2.24. The van der Waals surface area contributed by atoms with E-state index in [0.29, 0.717) is 22.3 Å². The number of phenols is 1. The van der Waals surface area contributed by atoms with Gasteiger partial charge in [0.05, 0.1) is 13.2 Å². The number of phenolic OH excluding ortho intramolecular Hbond substituents is 1.